The lowest BCUT2D eigenvalue weighted by Gasteiger charge is -2.23. The molecule has 0 aliphatic heterocycles. The van der Waals surface area contributed by atoms with Crippen LogP contribution < -0.4 is 10.5 Å². The van der Waals surface area contributed by atoms with Crippen molar-refractivity contribution >= 4 is 0 Å². The summed E-state index contributed by atoms with van der Waals surface area (Å²) in [6.07, 6.45) is 6.13. The van der Waals surface area contributed by atoms with Gasteiger partial charge < -0.3 is 10.5 Å². The van der Waals surface area contributed by atoms with Crippen molar-refractivity contribution in [3.8, 4) is 5.75 Å². The standard InChI is InChI=1S/C14H20FNO/c1-10(16)13-8-7-12(9-14(13)15)17-11-5-3-2-4-6-11/h7-11H,2-6,16H2,1H3. The average Bonchev–Trinajstić information content (AvgIpc) is 2.30. The van der Waals surface area contributed by atoms with Gasteiger partial charge in [0.05, 0.1) is 6.10 Å². The van der Waals surface area contributed by atoms with Crippen LogP contribution in [0.5, 0.6) is 5.75 Å². The van der Waals surface area contributed by atoms with Gasteiger partial charge in [0, 0.05) is 17.7 Å². The van der Waals surface area contributed by atoms with Crippen LogP contribution >= 0.6 is 0 Å². The third-order valence-corrected chi connectivity index (χ3v) is 3.32. The molecule has 0 bridgehead atoms. The monoisotopic (exact) mass is 237 g/mol. The quantitative estimate of drug-likeness (QED) is 0.872. The normalized spacial score (nSPS) is 19.0. The van der Waals surface area contributed by atoms with Crippen LogP contribution in [0.2, 0.25) is 0 Å². The first-order chi connectivity index (χ1) is 8.16. The van der Waals surface area contributed by atoms with Crippen LogP contribution in [0.4, 0.5) is 4.39 Å². The lowest BCUT2D eigenvalue weighted by atomic mass is 9.98. The van der Waals surface area contributed by atoms with Gasteiger partial charge in [-0.05, 0) is 38.7 Å². The second kappa shape index (κ2) is 5.50. The van der Waals surface area contributed by atoms with Crippen LogP contribution in [-0.4, -0.2) is 6.10 Å². The van der Waals surface area contributed by atoms with E-state index in [4.69, 9.17) is 10.5 Å². The number of hydrogen-bond donors (Lipinski definition) is 1. The molecule has 1 aromatic rings. The number of halogens is 1. The lowest BCUT2D eigenvalue weighted by molar-refractivity contribution is 0.154. The van der Waals surface area contributed by atoms with E-state index in [-0.39, 0.29) is 18.0 Å². The summed E-state index contributed by atoms with van der Waals surface area (Å²) in [4.78, 5) is 0. The van der Waals surface area contributed by atoms with Crippen molar-refractivity contribution in [3.05, 3.63) is 29.6 Å². The summed E-state index contributed by atoms with van der Waals surface area (Å²) in [5, 5.41) is 0. The molecule has 0 spiro atoms. The molecule has 1 unspecified atom stereocenters. The fraction of sp³-hybridized carbons (Fsp3) is 0.571. The van der Waals surface area contributed by atoms with Gasteiger partial charge in [-0.15, -0.1) is 0 Å². The van der Waals surface area contributed by atoms with Gasteiger partial charge in [0.15, 0.2) is 0 Å². The van der Waals surface area contributed by atoms with Crippen molar-refractivity contribution in [1.82, 2.24) is 0 Å². The van der Waals surface area contributed by atoms with Crippen molar-refractivity contribution in [1.29, 1.82) is 0 Å². The molecular formula is C14H20FNO. The van der Waals surface area contributed by atoms with Crippen molar-refractivity contribution in [3.63, 3.8) is 0 Å². The Morgan fingerprint density at radius 1 is 1.29 bits per heavy atom. The molecule has 1 saturated carbocycles. The summed E-state index contributed by atoms with van der Waals surface area (Å²) in [6, 6.07) is 4.71. The fourth-order valence-corrected chi connectivity index (χ4v) is 2.33. The molecule has 0 aromatic heterocycles. The fourth-order valence-electron chi connectivity index (χ4n) is 2.33. The van der Waals surface area contributed by atoms with Gasteiger partial charge in [0.1, 0.15) is 11.6 Å². The molecule has 0 radical (unpaired) electrons. The number of benzene rings is 1. The van der Waals surface area contributed by atoms with Gasteiger partial charge in [0.2, 0.25) is 0 Å². The summed E-state index contributed by atoms with van der Waals surface area (Å²) >= 11 is 0. The topological polar surface area (TPSA) is 35.2 Å². The SMILES string of the molecule is CC(N)c1ccc(OC2CCCCC2)cc1F. The Balaban J connectivity index is 2.04. The van der Waals surface area contributed by atoms with Gasteiger partial charge in [-0.25, -0.2) is 4.39 Å². The first-order valence-corrected chi connectivity index (χ1v) is 6.38. The molecule has 17 heavy (non-hydrogen) atoms. The maximum atomic E-state index is 13.7. The molecule has 1 atom stereocenters. The molecule has 0 amide bonds. The summed E-state index contributed by atoms with van der Waals surface area (Å²) in [5.41, 5.74) is 6.21. The third kappa shape index (κ3) is 3.19. The molecule has 2 rings (SSSR count). The van der Waals surface area contributed by atoms with E-state index in [1.54, 1.807) is 13.0 Å². The predicted octanol–water partition coefficient (Wildman–Crippen LogP) is 3.56. The van der Waals surface area contributed by atoms with Gasteiger partial charge in [-0.2, -0.15) is 0 Å². The molecule has 0 heterocycles. The van der Waals surface area contributed by atoms with E-state index in [9.17, 15) is 4.39 Å². The second-order valence-corrected chi connectivity index (χ2v) is 4.85. The number of hydrogen-bond acceptors (Lipinski definition) is 2. The van der Waals surface area contributed by atoms with Crippen molar-refractivity contribution < 1.29 is 9.13 Å². The molecule has 1 aliphatic rings. The maximum Gasteiger partial charge on any atom is 0.131 e. The summed E-state index contributed by atoms with van der Waals surface area (Å²) in [6.45, 7) is 1.78. The molecule has 2 nitrogen and oxygen atoms in total. The summed E-state index contributed by atoms with van der Waals surface area (Å²) in [5.74, 6) is 0.354. The van der Waals surface area contributed by atoms with E-state index < -0.39 is 0 Å². The molecule has 94 valence electrons. The summed E-state index contributed by atoms with van der Waals surface area (Å²) < 4.78 is 19.5. The molecule has 2 N–H and O–H groups in total. The van der Waals surface area contributed by atoms with E-state index in [2.05, 4.69) is 0 Å². The van der Waals surface area contributed by atoms with Gasteiger partial charge in [-0.3, -0.25) is 0 Å². The van der Waals surface area contributed by atoms with Crippen LogP contribution in [-0.2, 0) is 0 Å². The Hall–Kier alpha value is -1.09. The van der Waals surface area contributed by atoms with Crippen LogP contribution in [0.1, 0.15) is 50.6 Å². The highest BCUT2D eigenvalue weighted by atomic mass is 19.1. The van der Waals surface area contributed by atoms with Gasteiger partial charge in [-0.1, -0.05) is 12.5 Å². The zero-order valence-electron chi connectivity index (χ0n) is 10.3. The van der Waals surface area contributed by atoms with Gasteiger partial charge >= 0.3 is 0 Å². The molecule has 1 fully saturated rings. The van der Waals surface area contributed by atoms with Crippen LogP contribution in [0.25, 0.3) is 0 Å². The zero-order chi connectivity index (χ0) is 12.3. The highest BCUT2D eigenvalue weighted by Gasteiger charge is 2.16. The number of ether oxygens (including phenoxy) is 1. The van der Waals surface area contributed by atoms with E-state index >= 15 is 0 Å². The minimum Gasteiger partial charge on any atom is -0.490 e. The van der Waals surface area contributed by atoms with Gasteiger partial charge in [0.25, 0.3) is 0 Å². The van der Waals surface area contributed by atoms with Crippen LogP contribution in [0, 0.1) is 5.82 Å². The maximum absolute atomic E-state index is 13.7. The van der Waals surface area contributed by atoms with Crippen LogP contribution in [0.15, 0.2) is 18.2 Å². The zero-order valence-corrected chi connectivity index (χ0v) is 10.3. The van der Waals surface area contributed by atoms with E-state index in [1.165, 1.54) is 25.3 Å². The predicted molar refractivity (Wildman–Crippen MR) is 66.5 cm³/mol. The minimum absolute atomic E-state index is 0.254. The number of nitrogens with two attached hydrogens (primary N) is 1. The first-order valence-electron chi connectivity index (χ1n) is 6.38. The second-order valence-electron chi connectivity index (χ2n) is 4.85. The highest BCUT2D eigenvalue weighted by Crippen LogP contribution is 2.25. The third-order valence-electron chi connectivity index (χ3n) is 3.32. The Morgan fingerprint density at radius 2 is 2.00 bits per heavy atom. The van der Waals surface area contributed by atoms with E-state index in [1.807, 2.05) is 6.07 Å². The number of rotatable bonds is 3. The molecule has 3 heteroatoms. The molecular weight excluding hydrogens is 217 g/mol. The largest absolute Gasteiger partial charge is 0.490 e. The van der Waals surface area contributed by atoms with Crippen molar-refractivity contribution in [2.45, 2.75) is 51.2 Å². The molecule has 1 aliphatic carbocycles. The highest BCUT2D eigenvalue weighted by molar-refractivity contribution is 5.30. The Bertz CT molecular complexity index is 372. The first kappa shape index (κ1) is 12.4. The van der Waals surface area contributed by atoms with Crippen molar-refractivity contribution in [2.24, 2.45) is 5.73 Å². The Morgan fingerprint density at radius 3 is 2.59 bits per heavy atom. The smallest absolute Gasteiger partial charge is 0.131 e. The Labute approximate surface area is 102 Å². The van der Waals surface area contributed by atoms with E-state index in [0.29, 0.717) is 11.3 Å². The van der Waals surface area contributed by atoms with Crippen LogP contribution in [0.3, 0.4) is 0 Å². The molecule has 0 saturated heterocycles. The van der Waals surface area contributed by atoms with Crippen molar-refractivity contribution in [2.75, 3.05) is 0 Å². The van der Waals surface area contributed by atoms with E-state index in [0.717, 1.165) is 12.8 Å². The minimum atomic E-state index is -0.279. The lowest BCUT2D eigenvalue weighted by Crippen LogP contribution is -2.19. The summed E-state index contributed by atoms with van der Waals surface area (Å²) in [7, 11) is 0. The average molecular weight is 237 g/mol. The Kier molecular flexibility index (Phi) is 4.00. The molecule has 1 aromatic carbocycles.